The van der Waals surface area contributed by atoms with E-state index in [1.54, 1.807) is 6.92 Å². The van der Waals surface area contributed by atoms with Crippen molar-refractivity contribution in [3.8, 4) is 0 Å². The standard InChI is InChI=1S/C20H21NO3/c1-14-6-5-7-15(10-14)11-19(22)21-13-20(2,23)18-12-16-8-3-4-9-17(16)24-18/h3-10,12,23H,11,13H2,1-2H3,(H,21,22)/t20-/m0/s1. The van der Waals surface area contributed by atoms with Crippen LogP contribution >= 0.6 is 0 Å². The molecule has 0 bridgehead atoms. The number of hydrogen-bond donors (Lipinski definition) is 2. The number of carbonyl (C=O) groups excluding carboxylic acids is 1. The van der Waals surface area contributed by atoms with Crippen LogP contribution in [-0.2, 0) is 16.8 Å². The Labute approximate surface area is 141 Å². The van der Waals surface area contributed by atoms with Crippen LogP contribution in [-0.4, -0.2) is 17.6 Å². The summed E-state index contributed by atoms with van der Waals surface area (Å²) < 4.78 is 5.70. The number of hydrogen-bond acceptors (Lipinski definition) is 3. The molecule has 4 heteroatoms. The lowest BCUT2D eigenvalue weighted by atomic mass is 10.0. The lowest BCUT2D eigenvalue weighted by molar-refractivity contribution is -0.121. The Morgan fingerprint density at radius 1 is 1.17 bits per heavy atom. The summed E-state index contributed by atoms with van der Waals surface area (Å²) in [7, 11) is 0. The SMILES string of the molecule is Cc1cccc(CC(=O)NC[C@](C)(O)c2cc3ccccc3o2)c1. The minimum atomic E-state index is -1.26. The van der Waals surface area contributed by atoms with Gasteiger partial charge in [0.05, 0.1) is 13.0 Å². The molecule has 0 radical (unpaired) electrons. The molecule has 0 aliphatic rings. The van der Waals surface area contributed by atoms with Gasteiger partial charge in [-0.1, -0.05) is 48.0 Å². The molecule has 0 aliphatic heterocycles. The Hall–Kier alpha value is -2.59. The minimum Gasteiger partial charge on any atom is -0.458 e. The highest BCUT2D eigenvalue weighted by atomic mass is 16.4. The Kier molecular flexibility index (Phi) is 4.40. The molecule has 0 aliphatic carbocycles. The molecule has 1 atom stereocenters. The molecule has 1 heterocycles. The van der Waals surface area contributed by atoms with Crippen molar-refractivity contribution in [2.24, 2.45) is 0 Å². The average Bonchev–Trinajstić information content (AvgIpc) is 2.98. The highest BCUT2D eigenvalue weighted by Crippen LogP contribution is 2.27. The lowest BCUT2D eigenvalue weighted by Crippen LogP contribution is -2.39. The monoisotopic (exact) mass is 323 g/mol. The van der Waals surface area contributed by atoms with Gasteiger partial charge in [-0.25, -0.2) is 0 Å². The third-order valence-electron chi connectivity index (χ3n) is 4.03. The van der Waals surface area contributed by atoms with Gasteiger partial charge >= 0.3 is 0 Å². The van der Waals surface area contributed by atoms with Gasteiger partial charge in [-0.05, 0) is 31.5 Å². The van der Waals surface area contributed by atoms with E-state index in [0.717, 1.165) is 22.1 Å². The quantitative estimate of drug-likeness (QED) is 0.757. The first-order valence-electron chi connectivity index (χ1n) is 7.98. The first-order chi connectivity index (χ1) is 11.4. The van der Waals surface area contributed by atoms with Gasteiger partial charge in [-0.15, -0.1) is 0 Å². The van der Waals surface area contributed by atoms with Crippen LogP contribution in [0.5, 0.6) is 0 Å². The molecule has 124 valence electrons. The van der Waals surface area contributed by atoms with Crippen LogP contribution in [0, 0.1) is 6.92 Å². The number of nitrogens with one attached hydrogen (secondary N) is 1. The molecule has 2 aromatic carbocycles. The zero-order valence-electron chi connectivity index (χ0n) is 13.9. The van der Waals surface area contributed by atoms with Crippen molar-refractivity contribution < 1.29 is 14.3 Å². The van der Waals surface area contributed by atoms with Gasteiger partial charge in [0.25, 0.3) is 0 Å². The number of fused-ring (bicyclic) bond motifs is 1. The van der Waals surface area contributed by atoms with E-state index in [9.17, 15) is 9.90 Å². The number of benzene rings is 2. The first-order valence-corrected chi connectivity index (χ1v) is 7.98. The average molecular weight is 323 g/mol. The molecule has 24 heavy (non-hydrogen) atoms. The van der Waals surface area contributed by atoms with E-state index in [-0.39, 0.29) is 18.9 Å². The molecule has 1 aromatic heterocycles. The summed E-state index contributed by atoms with van der Waals surface area (Å²) >= 11 is 0. The smallest absolute Gasteiger partial charge is 0.224 e. The van der Waals surface area contributed by atoms with Crippen LogP contribution in [0.25, 0.3) is 11.0 Å². The maximum atomic E-state index is 12.1. The van der Waals surface area contributed by atoms with Gasteiger partial charge in [0, 0.05) is 5.39 Å². The van der Waals surface area contributed by atoms with Crippen molar-refractivity contribution >= 4 is 16.9 Å². The fourth-order valence-electron chi connectivity index (χ4n) is 2.68. The highest BCUT2D eigenvalue weighted by molar-refractivity contribution is 5.79. The molecule has 3 rings (SSSR count). The number of amides is 1. The van der Waals surface area contributed by atoms with E-state index in [1.807, 2.05) is 61.5 Å². The second kappa shape index (κ2) is 6.49. The normalized spacial score (nSPS) is 13.6. The second-order valence-corrected chi connectivity index (χ2v) is 6.36. The van der Waals surface area contributed by atoms with Crippen LogP contribution < -0.4 is 5.32 Å². The highest BCUT2D eigenvalue weighted by Gasteiger charge is 2.28. The van der Waals surface area contributed by atoms with Gasteiger partial charge in [0.2, 0.25) is 5.91 Å². The number of furan rings is 1. The van der Waals surface area contributed by atoms with E-state index in [0.29, 0.717) is 5.76 Å². The Bertz CT molecular complexity index is 831. The summed E-state index contributed by atoms with van der Waals surface area (Å²) in [5.74, 6) is 0.316. The zero-order chi connectivity index (χ0) is 17.2. The third kappa shape index (κ3) is 3.66. The van der Waals surface area contributed by atoms with Crippen molar-refractivity contribution in [2.75, 3.05) is 6.54 Å². The zero-order valence-corrected chi connectivity index (χ0v) is 13.9. The minimum absolute atomic E-state index is 0.0947. The fourth-order valence-corrected chi connectivity index (χ4v) is 2.68. The molecule has 0 unspecified atom stereocenters. The van der Waals surface area contributed by atoms with Crippen LogP contribution in [0.4, 0.5) is 0 Å². The predicted octanol–water partition coefficient (Wildman–Crippen LogP) is 3.31. The summed E-state index contributed by atoms with van der Waals surface area (Å²) in [4.78, 5) is 12.1. The van der Waals surface area contributed by atoms with E-state index in [4.69, 9.17) is 4.42 Å². The van der Waals surface area contributed by atoms with E-state index >= 15 is 0 Å². The maximum absolute atomic E-state index is 12.1. The summed E-state index contributed by atoms with van der Waals surface area (Å²) in [6, 6.07) is 17.2. The number of rotatable bonds is 5. The van der Waals surface area contributed by atoms with Crippen molar-refractivity contribution in [3.63, 3.8) is 0 Å². The summed E-state index contributed by atoms with van der Waals surface area (Å²) in [5, 5.41) is 14.4. The number of para-hydroxylation sites is 1. The molecule has 0 spiro atoms. The summed E-state index contributed by atoms with van der Waals surface area (Å²) in [6.45, 7) is 3.73. The predicted molar refractivity (Wildman–Crippen MR) is 93.7 cm³/mol. The van der Waals surface area contributed by atoms with Crippen LogP contribution in [0.15, 0.2) is 59.0 Å². The van der Waals surface area contributed by atoms with Crippen LogP contribution in [0.1, 0.15) is 23.8 Å². The Morgan fingerprint density at radius 3 is 2.71 bits per heavy atom. The van der Waals surface area contributed by atoms with Gasteiger partial charge in [-0.2, -0.15) is 0 Å². The van der Waals surface area contributed by atoms with E-state index in [1.165, 1.54) is 0 Å². The van der Waals surface area contributed by atoms with Gasteiger partial charge < -0.3 is 14.8 Å². The molecule has 4 nitrogen and oxygen atoms in total. The largest absolute Gasteiger partial charge is 0.458 e. The molecular weight excluding hydrogens is 302 g/mol. The lowest BCUT2D eigenvalue weighted by Gasteiger charge is -2.21. The molecule has 0 fully saturated rings. The topological polar surface area (TPSA) is 62.5 Å². The van der Waals surface area contributed by atoms with E-state index < -0.39 is 5.60 Å². The number of carbonyl (C=O) groups is 1. The second-order valence-electron chi connectivity index (χ2n) is 6.36. The Balaban J connectivity index is 1.64. The molecule has 0 saturated carbocycles. The maximum Gasteiger partial charge on any atom is 0.224 e. The van der Waals surface area contributed by atoms with Gasteiger partial charge in [0.15, 0.2) is 0 Å². The first kappa shape index (κ1) is 16.3. The van der Waals surface area contributed by atoms with Crippen LogP contribution in [0.3, 0.4) is 0 Å². The van der Waals surface area contributed by atoms with E-state index in [2.05, 4.69) is 5.32 Å². The number of aryl methyl sites for hydroxylation is 1. The summed E-state index contributed by atoms with van der Waals surface area (Å²) in [5.41, 5.74) is 1.53. The van der Waals surface area contributed by atoms with Gasteiger partial charge in [-0.3, -0.25) is 4.79 Å². The molecule has 2 N–H and O–H groups in total. The molecule has 0 saturated heterocycles. The van der Waals surface area contributed by atoms with Crippen LogP contribution in [0.2, 0.25) is 0 Å². The van der Waals surface area contributed by atoms with Crippen molar-refractivity contribution in [1.29, 1.82) is 0 Å². The molecule has 3 aromatic rings. The Morgan fingerprint density at radius 2 is 1.96 bits per heavy atom. The van der Waals surface area contributed by atoms with Gasteiger partial charge in [0.1, 0.15) is 16.9 Å². The summed E-state index contributed by atoms with van der Waals surface area (Å²) in [6.07, 6.45) is 0.290. The van der Waals surface area contributed by atoms with Crippen molar-refractivity contribution in [2.45, 2.75) is 25.9 Å². The molecule has 1 amide bonds. The molecular formula is C20H21NO3. The fraction of sp³-hybridized carbons (Fsp3) is 0.250. The number of aliphatic hydroxyl groups is 1. The van der Waals surface area contributed by atoms with Crippen molar-refractivity contribution in [1.82, 2.24) is 5.32 Å². The third-order valence-corrected chi connectivity index (χ3v) is 4.03. The van der Waals surface area contributed by atoms with Crippen molar-refractivity contribution in [3.05, 3.63) is 71.5 Å².